The van der Waals surface area contributed by atoms with E-state index < -0.39 is 11.1 Å². The summed E-state index contributed by atoms with van der Waals surface area (Å²) in [5.41, 5.74) is 3.41. The van der Waals surface area contributed by atoms with Crippen molar-refractivity contribution < 1.29 is 9.72 Å². The highest BCUT2D eigenvalue weighted by atomic mass is 35.5. The summed E-state index contributed by atoms with van der Waals surface area (Å²) in [7, 11) is 0. The van der Waals surface area contributed by atoms with Crippen LogP contribution in [0.1, 0.15) is 27.7 Å². The number of hydrogen-bond acceptors (Lipinski definition) is 4. The van der Waals surface area contributed by atoms with Gasteiger partial charge in [-0.25, -0.2) is 0 Å². The molecule has 1 atom stereocenters. The second-order valence-corrected chi connectivity index (χ2v) is 8.39. The van der Waals surface area contributed by atoms with E-state index in [0.717, 1.165) is 11.3 Å². The second kappa shape index (κ2) is 9.00. The lowest BCUT2D eigenvalue weighted by atomic mass is 9.98. The summed E-state index contributed by atoms with van der Waals surface area (Å²) in [4.78, 5) is 28.7. The Kier molecular flexibility index (Phi) is 5.74. The third kappa shape index (κ3) is 3.89. The van der Waals surface area contributed by atoms with E-state index in [-0.39, 0.29) is 11.6 Å². The first-order valence-electron chi connectivity index (χ1n) is 10.8. The zero-order valence-corrected chi connectivity index (χ0v) is 18.8. The Hall–Kier alpha value is -4.16. The Morgan fingerprint density at radius 1 is 0.853 bits per heavy atom. The Balaban J connectivity index is 1.77. The molecule has 1 heterocycles. The number of carbonyl (C=O) groups excluding carboxylic acids is 1. The topological polar surface area (TPSA) is 66.7 Å². The minimum atomic E-state index is -0.697. The van der Waals surface area contributed by atoms with Crippen LogP contribution in [0.2, 0.25) is 5.02 Å². The largest absolute Gasteiger partial charge is 0.342 e. The first kappa shape index (κ1) is 21.7. The maximum atomic E-state index is 13.9. The van der Waals surface area contributed by atoms with Gasteiger partial charge in [0.1, 0.15) is 6.17 Å². The Morgan fingerprint density at radius 2 is 1.50 bits per heavy atom. The molecule has 4 aromatic rings. The average Bonchev–Trinajstić information content (AvgIpc) is 2.87. The quantitative estimate of drug-likeness (QED) is 0.243. The number of nitro benzene ring substituents is 1. The SMILES string of the molecule is O=C1c2ccccc2N(Cc2ccccc2)[C@@H](c2cc([N+](=O)[O-])ccc2Cl)N1c1ccccc1. The van der Waals surface area contributed by atoms with E-state index in [2.05, 4.69) is 4.90 Å². The van der Waals surface area contributed by atoms with Crippen LogP contribution in [0.4, 0.5) is 17.1 Å². The van der Waals surface area contributed by atoms with E-state index in [4.69, 9.17) is 11.6 Å². The van der Waals surface area contributed by atoms with Gasteiger partial charge < -0.3 is 4.90 Å². The van der Waals surface area contributed by atoms with Crippen LogP contribution >= 0.6 is 11.6 Å². The van der Waals surface area contributed by atoms with Crippen molar-refractivity contribution in [1.82, 2.24) is 0 Å². The predicted octanol–water partition coefficient (Wildman–Crippen LogP) is 6.61. The van der Waals surface area contributed by atoms with Crippen molar-refractivity contribution in [3.8, 4) is 0 Å². The molecule has 0 N–H and O–H groups in total. The number of halogens is 1. The zero-order valence-electron chi connectivity index (χ0n) is 18.0. The molecule has 0 aromatic heterocycles. The van der Waals surface area contributed by atoms with Gasteiger partial charge in [-0.15, -0.1) is 0 Å². The van der Waals surface area contributed by atoms with E-state index in [1.54, 1.807) is 11.0 Å². The van der Waals surface area contributed by atoms with Gasteiger partial charge in [0, 0.05) is 35.0 Å². The van der Waals surface area contributed by atoms with Crippen LogP contribution in [0.5, 0.6) is 0 Å². The fraction of sp³-hybridized carbons (Fsp3) is 0.0741. The first-order valence-corrected chi connectivity index (χ1v) is 11.1. The van der Waals surface area contributed by atoms with Crippen molar-refractivity contribution in [2.75, 3.05) is 9.80 Å². The molecule has 6 nitrogen and oxygen atoms in total. The number of anilines is 2. The van der Waals surface area contributed by atoms with Gasteiger partial charge in [-0.2, -0.15) is 0 Å². The van der Waals surface area contributed by atoms with Gasteiger partial charge in [0.15, 0.2) is 0 Å². The molecule has 34 heavy (non-hydrogen) atoms. The van der Waals surface area contributed by atoms with Crippen LogP contribution in [0, 0.1) is 10.1 Å². The monoisotopic (exact) mass is 469 g/mol. The number of amides is 1. The van der Waals surface area contributed by atoms with Gasteiger partial charge in [0.2, 0.25) is 0 Å². The average molecular weight is 470 g/mol. The number of carbonyl (C=O) groups is 1. The number of para-hydroxylation sites is 2. The normalized spacial score (nSPS) is 15.2. The highest BCUT2D eigenvalue weighted by Crippen LogP contribution is 2.44. The summed E-state index contributed by atoms with van der Waals surface area (Å²) < 4.78 is 0. The highest BCUT2D eigenvalue weighted by Gasteiger charge is 2.40. The number of benzene rings is 4. The summed E-state index contributed by atoms with van der Waals surface area (Å²) in [5.74, 6) is -0.196. The fourth-order valence-corrected chi connectivity index (χ4v) is 4.58. The van der Waals surface area contributed by atoms with Crippen LogP contribution < -0.4 is 9.80 Å². The minimum absolute atomic E-state index is 0.0848. The van der Waals surface area contributed by atoms with Gasteiger partial charge >= 0.3 is 0 Å². The van der Waals surface area contributed by atoms with Crippen molar-refractivity contribution in [3.63, 3.8) is 0 Å². The van der Waals surface area contributed by atoms with E-state index in [1.165, 1.54) is 18.2 Å². The van der Waals surface area contributed by atoms with Gasteiger partial charge in [0.25, 0.3) is 11.6 Å². The Labute approximate surface area is 201 Å². The van der Waals surface area contributed by atoms with Gasteiger partial charge in [-0.05, 0) is 35.9 Å². The molecule has 0 radical (unpaired) electrons. The molecule has 0 saturated heterocycles. The summed E-state index contributed by atoms with van der Waals surface area (Å²) in [5, 5.41) is 12.0. The predicted molar refractivity (Wildman–Crippen MR) is 133 cm³/mol. The van der Waals surface area contributed by atoms with Crippen LogP contribution in [0.15, 0.2) is 103 Å². The number of nitro groups is 1. The first-order chi connectivity index (χ1) is 16.5. The maximum absolute atomic E-state index is 13.9. The van der Waals surface area contributed by atoms with Gasteiger partial charge in [-0.3, -0.25) is 19.8 Å². The van der Waals surface area contributed by atoms with Crippen molar-refractivity contribution in [1.29, 1.82) is 0 Å². The van der Waals surface area contributed by atoms with Crippen molar-refractivity contribution in [2.24, 2.45) is 0 Å². The molecule has 0 unspecified atom stereocenters. The van der Waals surface area contributed by atoms with E-state index in [9.17, 15) is 14.9 Å². The lowest BCUT2D eigenvalue weighted by Crippen LogP contribution is -2.49. The molecule has 5 rings (SSSR count). The zero-order chi connectivity index (χ0) is 23.7. The van der Waals surface area contributed by atoms with Crippen LogP contribution in [-0.2, 0) is 6.54 Å². The number of nitrogens with zero attached hydrogens (tertiary/aromatic N) is 3. The number of hydrogen-bond donors (Lipinski definition) is 0. The summed E-state index contributed by atoms with van der Waals surface area (Å²) in [6.45, 7) is 0.470. The van der Waals surface area contributed by atoms with E-state index in [0.29, 0.717) is 28.4 Å². The van der Waals surface area contributed by atoms with Crippen LogP contribution in [0.25, 0.3) is 0 Å². The molecule has 0 bridgehead atoms. The minimum Gasteiger partial charge on any atom is -0.342 e. The lowest BCUT2D eigenvalue weighted by molar-refractivity contribution is -0.384. The molecular formula is C27H20ClN3O3. The smallest absolute Gasteiger partial charge is 0.269 e. The molecule has 4 aromatic carbocycles. The number of non-ortho nitro benzene ring substituents is 1. The van der Waals surface area contributed by atoms with Gasteiger partial charge in [0.05, 0.1) is 16.2 Å². The third-order valence-corrected chi connectivity index (χ3v) is 6.25. The maximum Gasteiger partial charge on any atom is 0.269 e. The van der Waals surface area contributed by atoms with Crippen LogP contribution in [-0.4, -0.2) is 10.8 Å². The van der Waals surface area contributed by atoms with Crippen molar-refractivity contribution in [3.05, 3.63) is 135 Å². The van der Waals surface area contributed by atoms with Gasteiger partial charge in [-0.1, -0.05) is 72.3 Å². The molecule has 0 fully saturated rings. The molecule has 1 aliphatic rings. The summed E-state index contributed by atoms with van der Waals surface area (Å²) in [6, 6.07) is 31.0. The molecule has 7 heteroatoms. The Bertz CT molecular complexity index is 1360. The standard InChI is InChI=1S/C27H20ClN3O3/c28-24-16-15-21(31(33)34)17-23(24)26-29(18-19-9-3-1-4-10-19)25-14-8-7-13-22(25)27(32)30(26)20-11-5-2-6-12-20/h1-17,26H,18H2/t26-/m1/s1. The van der Waals surface area contributed by atoms with E-state index >= 15 is 0 Å². The number of rotatable bonds is 5. The molecule has 0 saturated carbocycles. The molecular weight excluding hydrogens is 450 g/mol. The van der Waals surface area contributed by atoms with Crippen LogP contribution in [0.3, 0.4) is 0 Å². The second-order valence-electron chi connectivity index (χ2n) is 7.98. The lowest BCUT2D eigenvalue weighted by Gasteiger charge is -2.46. The van der Waals surface area contributed by atoms with E-state index in [1.807, 2.05) is 78.9 Å². The summed E-state index contributed by atoms with van der Waals surface area (Å²) >= 11 is 6.64. The molecule has 0 aliphatic carbocycles. The number of fused-ring (bicyclic) bond motifs is 1. The molecule has 0 spiro atoms. The Morgan fingerprint density at radius 3 is 2.21 bits per heavy atom. The molecule has 168 valence electrons. The molecule has 1 aliphatic heterocycles. The fourth-order valence-electron chi connectivity index (χ4n) is 4.37. The molecule has 1 amide bonds. The summed E-state index contributed by atoms with van der Waals surface area (Å²) in [6.07, 6.45) is -0.697. The third-order valence-electron chi connectivity index (χ3n) is 5.90. The van der Waals surface area contributed by atoms with Crippen molar-refractivity contribution in [2.45, 2.75) is 12.7 Å². The van der Waals surface area contributed by atoms with Crippen molar-refractivity contribution >= 4 is 34.6 Å². The highest BCUT2D eigenvalue weighted by molar-refractivity contribution is 6.31.